The zero-order chi connectivity index (χ0) is 18.1. The summed E-state index contributed by atoms with van der Waals surface area (Å²) in [7, 11) is 1.38. The third-order valence-electron chi connectivity index (χ3n) is 4.23. The first-order valence-corrected chi connectivity index (χ1v) is 8.83. The van der Waals surface area contributed by atoms with E-state index in [0.29, 0.717) is 12.1 Å². The van der Waals surface area contributed by atoms with Crippen molar-refractivity contribution in [2.24, 2.45) is 0 Å². The van der Waals surface area contributed by atoms with E-state index >= 15 is 0 Å². The zero-order valence-corrected chi connectivity index (χ0v) is 15.0. The predicted molar refractivity (Wildman–Crippen MR) is 101 cm³/mol. The molecule has 4 heteroatoms. The topological polar surface area (TPSA) is 58.6 Å². The second kappa shape index (κ2) is 9.84. The lowest BCUT2D eigenvalue weighted by atomic mass is 10.0. The molecule has 0 radical (unpaired) electrons. The van der Waals surface area contributed by atoms with E-state index in [2.05, 4.69) is 12.2 Å². The largest absolute Gasteiger partial charge is 0.465 e. The molecule has 2 aromatic carbocycles. The molecule has 0 aliphatic rings. The van der Waals surface area contributed by atoms with Crippen molar-refractivity contribution in [1.29, 1.82) is 0 Å². The van der Waals surface area contributed by atoms with E-state index < -0.39 is 6.10 Å². The first-order chi connectivity index (χ1) is 12.2. The van der Waals surface area contributed by atoms with Gasteiger partial charge >= 0.3 is 5.97 Å². The fourth-order valence-electron chi connectivity index (χ4n) is 2.82. The number of carbonyl (C=O) groups is 1. The van der Waals surface area contributed by atoms with Gasteiger partial charge in [-0.15, -0.1) is 0 Å². The molecule has 0 aliphatic heterocycles. The first-order valence-electron chi connectivity index (χ1n) is 8.83. The van der Waals surface area contributed by atoms with Gasteiger partial charge < -0.3 is 15.2 Å². The predicted octanol–water partition coefficient (Wildman–Crippen LogP) is 4.70. The Morgan fingerprint density at radius 2 is 1.96 bits per heavy atom. The van der Waals surface area contributed by atoms with Gasteiger partial charge in [-0.25, -0.2) is 4.79 Å². The summed E-state index contributed by atoms with van der Waals surface area (Å²) in [4.78, 5) is 11.6. The molecule has 2 aromatic rings. The highest BCUT2D eigenvalue weighted by Gasteiger charge is 2.12. The van der Waals surface area contributed by atoms with Crippen molar-refractivity contribution < 1.29 is 14.6 Å². The van der Waals surface area contributed by atoms with Crippen molar-refractivity contribution >= 4 is 11.7 Å². The Kier molecular flexibility index (Phi) is 7.48. The van der Waals surface area contributed by atoms with Gasteiger partial charge in [0, 0.05) is 17.8 Å². The molecule has 0 heterocycles. The molecule has 0 saturated heterocycles. The Hall–Kier alpha value is -2.33. The average molecular weight is 341 g/mol. The fraction of sp³-hybridized carbons (Fsp3) is 0.381. The highest BCUT2D eigenvalue weighted by atomic mass is 16.5. The lowest BCUT2D eigenvalue weighted by molar-refractivity contribution is 0.0600. The number of anilines is 1. The summed E-state index contributed by atoms with van der Waals surface area (Å²) in [5, 5.41) is 13.8. The Morgan fingerprint density at radius 1 is 1.16 bits per heavy atom. The monoisotopic (exact) mass is 341 g/mol. The number of carbonyl (C=O) groups excluding carboxylic acids is 1. The summed E-state index contributed by atoms with van der Waals surface area (Å²) >= 11 is 0. The smallest absolute Gasteiger partial charge is 0.337 e. The zero-order valence-electron chi connectivity index (χ0n) is 15.0. The Balaban J connectivity index is 2.05. The molecule has 134 valence electrons. The van der Waals surface area contributed by atoms with Crippen LogP contribution in [-0.2, 0) is 11.3 Å². The van der Waals surface area contributed by atoms with Crippen LogP contribution in [0.5, 0.6) is 0 Å². The lowest BCUT2D eigenvalue weighted by Gasteiger charge is -2.17. The van der Waals surface area contributed by atoms with Crippen molar-refractivity contribution in [2.75, 3.05) is 12.4 Å². The van der Waals surface area contributed by atoms with Crippen LogP contribution in [0, 0.1) is 0 Å². The second-order valence-electron chi connectivity index (χ2n) is 6.14. The molecule has 0 aliphatic carbocycles. The van der Waals surface area contributed by atoms with Crippen LogP contribution in [0.25, 0.3) is 0 Å². The molecule has 0 fully saturated rings. The van der Waals surface area contributed by atoms with Crippen LogP contribution < -0.4 is 5.32 Å². The van der Waals surface area contributed by atoms with Gasteiger partial charge in [0.05, 0.1) is 18.8 Å². The number of hydrogen-bond acceptors (Lipinski definition) is 4. The van der Waals surface area contributed by atoms with Crippen molar-refractivity contribution in [2.45, 2.75) is 45.3 Å². The van der Waals surface area contributed by atoms with Crippen LogP contribution in [-0.4, -0.2) is 18.2 Å². The minimum absolute atomic E-state index is 0.339. The number of nitrogens with one attached hydrogen (secondary N) is 1. The normalized spacial score (nSPS) is 11.8. The van der Waals surface area contributed by atoms with Gasteiger partial charge in [0.25, 0.3) is 0 Å². The molecule has 0 bridgehead atoms. The van der Waals surface area contributed by atoms with Crippen molar-refractivity contribution in [3.63, 3.8) is 0 Å². The highest BCUT2D eigenvalue weighted by molar-refractivity contribution is 5.89. The van der Waals surface area contributed by atoms with Crippen molar-refractivity contribution in [3.8, 4) is 0 Å². The Labute approximate surface area is 149 Å². The van der Waals surface area contributed by atoms with Crippen molar-refractivity contribution in [1.82, 2.24) is 0 Å². The average Bonchev–Trinajstić information content (AvgIpc) is 2.66. The van der Waals surface area contributed by atoms with Gasteiger partial charge in [0.2, 0.25) is 0 Å². The van der Waals surface area contributed by atoms with E-state index in [1.165, 1.54) is 7.11 Å². The number of aliphatic hydroxyl groups excluding tert-OH is 1. The van der Waals surface area contributed by atoms with Crippen molar-refractivity contribution in [3.05, 3.63) is 65.2 Å². The standard InChI is InChI=1S/C21H27NO3/c1-3-4-5-13-20(23)18-11-6-7-12-19(18)22-15-16-9-8-10-17(14-16)21(24)25-2/h6-12,14,20,22-23H,3-5,13,15H2,1-2H3. The van der Waals surface area contributed by atoms with Gasteiger partial charge in [0.15, 0.2) is 0 Å². The molecule has 0 spiro atoms. The quantitative estimate of drug-likeness (QED) is 0.513. The SMILES string of the molecule is CCCCCC(O)c1ccccc1NCc1cccc(C(=O)OC)c1. The van der Waals surface area contributed by atoms with Gasteiger partial charge in [0.1, 0.15) is 0 Å². The molecule has 0 amide bonds. The summed E-state index contributed by atoms with van der Waals surface area (Å²) in [5.41, 5.74) is 3.37. The molecule has 25 heavy (non-hydrogen) atoms. The maximum Gasteiger partial charge on any atom is 0.337 e. The van der Waals surface area contributed by atoms with Crippen LogP contribution in [0.2, 0.25) is 0 Å². The van der Waals surface area contributed by atoms with Crippen LogP contribution in [0.4, 0.5) is 5.69 Å². The number of ether oxygens (including phenoxy) is 1. The van der Waals surface area contributed by atoms with Gasteiger partial charge in [-0.3, -0.25) is 0 Å². The summed E-state index contributed by atoms with van der Waals surface area (Å²) in [5.74, 6) is -0.339. The number of hydrogen-bond donors (Lipinski definition) is 2. The number of methoxy groups -OCH3 is 1. The van der Waals surface area contributed by atoms with E-state index in [1.807, 2.05) is 42.5 Å². The number of aliphatic hydroxyl groups is 1. The third kappa shape index (κ3) is 5.61. The van der Waals surface area contributed by atoms with E-state index in [1.54, 1.807) is 6.07 Å². The van der Waals surface area contributed by atoms with E-state index in [0.717, 1.165) is 42.5 Å². The molecular formula is C21H27NO3. The van der Waals surface area contributed by atoms with Crippen LogP contribution in [0.1, 0.15) is 60.2 Å². The minimum Gasteiger partial charge on any atom is -0.465 e. The maximum absolute atomic E-state index is 11.6. The van der Waals surface area contributed by atoms with E-state index in [4.69, 9.17) is 4.74 Å². The number of esters is 1. The number of para-hydroxylation sites is 1. The summed E-state index contributed by atoms with van der Waals surface area (Å²) in [6.07, 6.45) is 3.60. The van der Waals surface area contributed by atoms with E-state index in [9.17, 15) is 9.90 Å². The number of unbranched alkanes of at least 4 members (excludes halogenated alkanes) is 2. The molecule has 1 atom stereocenters. The van der Waals surface area contributed by atoms with Gasteiger partial charge in [-0.1, -0.05) is 56.5 Å². The van der Waals surface area contributed by atoms with Gasteiger partial charge in [-0.2, -0.15) is 0 Å². The Morgan fingerprint density at radius 3 is 2.72 bits per heavy atom. The first kappa shape index (κ1) is 19.0. The third-order valence-corrected chi connectivity index (χ3v) is 4.23. The van der Waals surface area contributed by atoms with Gasteiger partial charge in [-0.05, 0) is 30.2 Å². The van der Waals surface area contributed by atoms with Crippen LogP contribution in [0.3, 0.4) is 0 Å². The number of rotatable bonds is 9. The molecule has 2 N–H and O–H groups in total. The minimum atomic E-state index is -0.461. The lowest BCUT2D eigenvalue weighted by Crippen LogP contribution is -2.07. The number of benzene rings is 2. The summed E-state index contributed by atoms with van der Waals surface area (Å²) < 4.78 is 4.76. The fourth-order valence-corrected chi connectivity index (χ4v) is 2.82. The Bertz CT molecular complexity index is 684. The molecule has 4 nitrogen and oxygen atoms in total. The summed E-state index contributed by atoms with van der Waals surface area (Å²) in [6, 6.07) is 15.2. The van der Waals surface area contributed by atoms with E-state index in [-0.39, 0.29) is 5.97 Å². The molecular weight excluding hydrogens is 314 g/mol. The van der Waals surface area contributed by atoms with Crippen LogP contribution >= 0.6 is 0 Å². The highest BCUT2D eigenvalue weighted by Crippen LogP contribution is 2.27. The summed E-state index contributed by atoms with van der Waals surface area (Å²) in [6.45, 7) is 2.73. The van der Waals surface area contributed by atoms with Crippen LogP contribution in [0.15, 0.2) is 48.5 Å². The molecule has 0 aromatic heterocycles. The maximum atomic E-state index is 11.6. The molecule has 0 saturated carbocycles. The second-order valence-corrected chi connectivity index (χ2v) is 6.14. The molecule has 2 rings (SSSR count). The molecule has 1 unspecified atom stereocenters.